The van der Waals surface area contributed by atoms with Crippen molar-refractivity contribution in [2.24, 2.45) is 0 Å². The Morgan fingerprint density at radius 1 is 1.23 bits per heavy atom. The average Bonchev–Trinajstić information content (AvgIpc) is 2.94. The number of thioether (sulfide) groups is 1. The molecule has 3 rings (SSSR count). The Balaban J connectivity index is 1.69. The highest BCUT2D eigenvalue weighted by molar-refractivity contribution is 8.00. The van der Waals surface area contributed by atoms with E-state index in [-0.39, 0.29) is 15.5 Å². The minimum atomic E-state index is -3.33. The highest BCUT2D eigenvalue weighted by Gasteiger charge is 2.13. The summed E-state index contributed by atoms with van der Waals surface area (Å²) in [5, 5.41) is 2.91. The zero-order chi connectivity index (χ0) is 18.9. The standard InChI is InChI=1S/C16H12F2N2O3S3/c1-26(22,23)10-3-4-12-14(7-10)25-16(19-12)20-15(21)8-24-13-5-2-9(17)6-11(13)18/h2-7H,8H2,1H3,(H,19,20,21). The van der Waals surface area contributed by atoms with Crippen molar-refractivity contribution in [1.82, 2.24) is 4.98 Å². The van der Waals surface area contributed by atoms with E-state index in [0.717, 1.165) is 41.5 Å². The van der Waals surface area contributed by atoms with Crippen LogP contribution in [0.2, 0.25) is 0 Å². The minimum absolute atomic E-state index is 0.0763. The molecule has 0 spiro atoms. The Morgan fingerprint density at radius 3 is 2.69 bits per heavy atom. The molecule has 0 saturated heterocycles. The van der Waals surface area contributed by atoms with Crippen LogP contribution in [0.5, 0.6) is 0 Å². The number of aromatic nitrogens is 1. The molecule has 1 amide bonds. The summed E-state index contributed by atoms with van der Waals surface area (Å²) in [6.07, 6.45) is 1.11. The molecule has 0 fully saturated rings. The first kappa shape index (κ1) is 18.7. The highest BCUT2D eigenvalue weighted by atomic mass is 32.2. The van der Waals surface area contributed by atoms with E-state index in [1.165, 1.54) is 18.2 Å². The summed E-state index contributed by atoms with van der Waals surface area (Å²) in [5.74, 6) is -1.89. The molecule has 0 unspecified atom stereocenters. The number of halogens is 2. The normalized spacial score (nSPS) is 11.7. The number of hydrogen-bond acceptors (Lipinski definition) is 6. The van der Waals surface area contributed by atoms with E-state index in [1.807, 2.05) is 0 Å². The van der Waals surface area contributed by atoms with Gasteiger partial charge in [0.2, 0.25) is 5.91 Å². The van der Waals surface area contributed by atoms with E-state index in [9.17, 15) is 22.0 Å². The topological polar surface area (TPSA) is 76.1 Å². The zero-order valence-electron chi connectivity index (χ0n) is 13.3. The number of sulfone groups is 1. The lowest BCUT2D eigenvalue weighted by atomic mass is 10.3. The van der Waals surface area contributed by atoms with Crippen LogP contribution < -0.4 is 5.32 Å². The Kier molecular flexibility index (Phi) is 5.26. The summed E-state index contributed by atoms with van der Waals surface area (Å²) in [4.78, 5) is 16.6. The van der Waals surface area contributed by atoms with Crippen LogP contribution in [0, 0.1) is 11.6 Å². The number of thiazole rings is 1. The van der Waals surface area contributed by atoms with Gasteiger partial charge in [-0.15, -0.1) is 11.8 Å². The van der Waals surface area contributed by atoms with Gasteiger partial charge in [-0.1, -0.05) is 11.3 Å². The number of hydrogen-bond donors (Lipinski definition) is 1. The molecule has 10 heteroatoms. The Hall–Kier alpha value is -2.04. The van der Waals surface area contributed by atoms with Crippen molar-refractivity contribution in [1.29, 1.82) is 0 Å². The summed E-state index contributed by atoms with van der Waals surface area (Å²) in [6.45, 7) is 0. The molecule has 0 aliphatic carbocycles. The molecule has 0 aliphatic heterocycles. The fourth-order valence-electron chi connectivity index (χ4n) is 2.08. The monoisotopic (exact) mass is 414 g/mol. The third-order valence-electron chi connectivity index (χ3n) is 3.29. The Bertz CT molecular complexity index is 1100. The third-order valence-corrected chi connectivity index (χ3v) is 6.38. The van der Waals surface area contributed by atoms with E-state index in [0.29, 0.717) is 15.3 Å². The summed E-state index contributed by atoms with van der Waals surface area (Å²) < 4.78 is 50.2. The molecule has 0 bridgehead atoms. The van der Waals surface area contributed by atoms with Gasteiger partial charge in [-0.3, -0.25) is 4.79 Å². The van der Waals surface area contributed by atoms with Gasteiger partial charge in [0.1, 0.15) is 11.6 Å². The first-order valence-electron chi connectivity index (χ1n) is 7.21. The number of benzene rings is 2. The number of carbonyl (C=O) groups is 1. The Morgan fingerprint density at radius 2 is 2.00 bits per heavy atom. The molecule has 0 radical (unpaired) electrons. The van der Waals surface area contributed by atoms with Gasteiger partial charge in [0.15, 0.2) is 15.0 Å². The third kappa shape index (κ3) is 4.37. The number of carbonyl (C=O) groups excluding carboxylic acids is 1. The van der Waals surface area contributed by atoms with Crippen LogP contribution in [0.3, 0.4) is 0 Å². The van der Waals surface area contributed by atoms with E-state index in [4.69, 9.17) is 0 Å². The zero-order valence-corrected chi connectivity index (χ0v) is 15.8. The van der Waals surface area contributed by atoms with Crippen molar-refractivity contribution < 1.29 is 22.0 Å². The van der Waals surface area contributed by atoms with Gasteiger partial charge in [-0.25, -0.2) is 22.2 Å². The maximum absolute atomic E-state index is 13.5. The molecular weight excluding hydrogens is 402 g/mol. The summed E-state index contributed by atoms with van der Waals surface area (Å²) in [7, 11) is -3.33. The van der Waals surface area contributed by atoms with Crippen molar-refractivity contribution in [2.45, 2.75) is 9.79 Å². The number of amides is 1. The first-order valence-corrected chi connectivity index (χ1v) is 10.9. The van der Waals surface area contributed by atoms with Crippen LogP contribution in [0.1, 0.15) is 0 Å². The fraction of sp³-hybridized carbons (Fsp3) is 0.125. The van der Waals surface area contributed by atoms with Gasteiger partial charge in [0.05, 0.1) is 20.9 Å². The maximum atomic E-state index is 13.5. The van der Waals surface area contributed by atoms with Gasteiger partial charge < -0.3 is 5.32 Å². The molecule has 1 aromatic heterocycles. The quantitative estimate of drug-likeness (QED) is 0.644. The summed E-state index contributed by atoms with van der Waals surface area (Å²) >= 11 is 2.08. The van der Waals surface area contributed by atoms with E-state index in [1.54, 1.807) is 6.07 Å². The molecule has 136 valence electrons. The summed E-state index contributed by atoms with van der Waals surface area (Å²) in [5.41, 5.74) is 0.565. The van der Waals surface area contributed by atoms with Gasteiger partial charge in [-0.2, -0.15) is 0 Å². The second-order valence-electron chi connectivity index (χ2n) is 5.33. The SMILES string of the molecule is CS(=O)(=O)c1ccc2nc(NC(=O)CSc3ccc(F)cc3F)sc2c1. The molecule has 0 aliphatic rings. The summed E-state index contributed by atoms with van der Waals surface area (Å²) in [6, 6.07) is 7.67. The van der Waals surface area contributed by atoms with Crippen molar-refractivity contribution in [2.75, 3.05) is 17.3 Å². The van der Waals surface area contributed by atoms with Gasteiger partial charge in [0.25, 0.3) is 0 Å². The minimum Gasteiger partial charge on any atom is -0.301 e. The van der Waals surface area contributed by atoms with Gasteiger partial charge in [0, 0.05) is 17.2 Å². The van der Waals surface area contributed by atoms with Crippen molar-refractivity contribution >= 4 is 54.2 Å². The molecule has 2 aromatic carbocycles. The molecule has 0 atom stereocenters. The number of nitrogens with zero attached hydrogens (tertiary/aromatic N) is 1. The van der Waals surface area contributed by atoms with E-state index in [2.05, 4.69) is 10.3 Å². The largest absolute Gasteiger partial charge is 0.301 e. The van der Waals surface area contributed by atoms with Crippen LogP contribution in [0.25, 0.3) is 10.2 Å². The van der Waals surface area contributed by atoms with Crippen molar-refractivity contribution in [3.8, 4) is 0 Å². The lowest BCUT2D eigenvalue weighted by Crippen LogP contribution is -2.13. The number of fused-ring (bicyclic) bond motifs is 1. The molecule has 1 N–H and O–H groups in total. The predicted octanol–water partition coefficient (Wildman–Crippen LogP) is 3.71. The predicted molar refractivity (Wildman–Crippen MR) is 98.4 cm³/mol. The average molecular weight is 414 g/mol. The molecule has 26 heavy (non-hydrogen) atoms. The lowest BCUT2D eigenvalue weighted by molar-refractivity contribution is -0.113. The van der Waals surface area contributed by atoms with Gasteiger partial charge >= 0.3 is 0 Å². The van der Waals surface area contributed by atoms with Crippen LogP contribution in [-0.4, -0.2) is 31.3 Å². The molecular formula is C16H12F2N2O3S3. The second kappa shape index (κ2) is 7.29. The second-order valence-corrected chi connectivity index (χ2v) is 9.40. The van der Waals surface area contributed by atoms with Crippen LogP contribution >= 0.6 is 23.1 Å². The molecule has 0 saturated carbocycles. The number of anilines is 1. The molecule has 1 heterocycles. The highest BCUT2D eigenvalue weighted by Crippen LogP contribution is 2.29. The van der Waals surface area contributed by atoms with Crippen LogP contribution in [0.15, 0.2) is 46.2 Å². The maximum Gasteiger partial charge on any atom is 0.236 e. The van der Waals surface area contributed by atoms with Crippen LogP contribution in [-0.2, 0) is 14.6 Å². The smallest absolute Gasteiger partial charge is 0.236 e. The first-order chi connectivity index (χ1) is 12.2. The van der Waals surface area contributed by atoms with E-state index < -0.39 is 27.4 Å². The Labute approximate surface area is 156 Å². The van der Waals surface area contributed by atoms with Gasteiger partial charge in [-0.05, 0) is 30.3 Å². The lowest BCUT2D eigenvalue weighted by Gasteiger charge is -2.03. The molecule has 3 aromatic rings. The molecule has 5 nitrogen and oxygen atoms in total. The van der Waals surface area contributed by atoms with E-state index >= 15 is 0 Å². The number of nitrogens with one attached hydrogen (secondary N) is 1. The van der Waals surface area contributed by atoms with Crippen LogP contribution in [0.4, 0.5) is 13.9 Å². The van der Waals surface area contributed by atoms with Crippen molar-refractivity contribution in [3.05, 3.63) is 48.0 Å². The van der Waals surface area contributed by atoms with Crippen molar-refractivity contribution in [3.63, 3.8) is 0 Å². The number of rotatable bonds is 5. The fourth-order valence-corrected chi connectivity index (χ4v) is 4.44.